The first kappa shape index (κ1) is 19.8. The molecule has 0 radical (unpaired) electrons. The first-order chi connectivity index (χ1) is 13.5. The van der Waals surface area contributed by atoms with Gasteiger partial charge < -0.3 is 9.64 Å². The van der Waals surface area contributed by atoms with Crippen molar-refractivity contribution in [3.8, 4) is 11.8 Å². The van der Waals surface area contributed by atoms with E-state index in [1.165, 1.54) is 43.5 Å². The normalized spacial score (nSPS) is 19.8. The topological polar surface area (TPSA) is 93.0 Å². The zero-order valence-electron chi connectivity index (χ0n) is 15.6. The number of hydrogen-bond acceptors (Lipinski definition) is 6. The van der Waals surface area contributed by atoms with Crippen LogP contribution in [0.25, 0.3) is 0 Å². The number of nitro groups is 1. The Bertz CT molecular complexity index is 790. The molecule has 1 aromatic rings. The highest BCUT2D eigenvalue weighted by Crippen LogP contribution is 2.18. The molecule has 0 N–H and O–H groups in total. The molecule has 1 amide bonds. The number of carbonyl (C=O) groups is 2. The maximum Gasteiger partial charge on any atom is 0.338 e. The standard InChI is InChI=1S/C20H23N3O5/c24-19-18(28-20(25)16-6-8-17(9-7-16)23(26)27)10-15-22(19)14-5-4-13-21-11-2-1-3-12-21/h6-9,18H,1-3,10-15H2/t18-/m0/s1. The highest BCUT2D eigenvalue weighted by molar-refractivity contribution is 5.93. The minimum atomic E-state index is -0.827. The van der Waals surface area contributed by atoms with Gasteiger partial charge in [0, 0.05) is 25.1 Å². The van der Waals surface area contributed by atoms with Gasteiger partial charge in [-0.3, -0.25) is 19.8 Å². The van der Waals surface area contributed by atoms with Gasteiger partial charge >= 0.3 is 5.97 Å². The molecule has 3 rings (SSSR count). The van der Waals surface area contributed by atoms with Crippen LogP contribution in [0.3, 0.4) is 0 Å². The number of piperidine rings is 1. The Kier molecular flexibility index (Phi) is 6.61. The third kappa shape index (κ3) is 5.08. The summed E-state index contributed by atoms with van der Waals surface area (Å²) in [5.74, 6) is 5.25. The van der Waals surface area contributed by atoms with Gasteiger partial charge in [-0.25, -0.2) is 4.79 Å². The molecule has 2 heterocycles. The zero-order valence-corrected chi connectivity index (χ0v) is 15.6. The van der Waals surface area contributed by atoms with Gasteiger partial charge in [0.1, 0.15) is 0 Å². The summed E-state index contributed by atoms with van der Waals surface area (Å²) in [4.78, 5) is 38.6. The smallest absolute Gasteiger partial charge is 0.338 e. The molecular formula is C20H23N3O5. The maximum absolute atomic E-state index is 12.4. The molecule has 8 heteroatoms. The zero-order chi connectivity index (χ0) is 19.9. The average molecular weight is 385 g/mol. The molecule has 148 valence electrons. The van der Waals surface area contributed by atoms with Gasteiger partial charge in [0.25, 0.3) is 11.6 Å². The number of rotatable bonds is 5. The maximum atomic E-state index is 12.4. The predicted octanol–water partition coefficient (Wildman–Crippen LogP) is 1.84. The van der Waals surface area contributed by atoms with E-state index in [1.807, 2.05) is 0 Å². The molecule has 2 aliphatic heterocycles. The number of likely N-dealkylation sites (tertiary alicyclic amines) is 2. The average Bonchev–Trinajstić information content (AvgIpc) is 3.05. The minimum absolute atomic E-state index is 0.109. The van der Waals surface area contributed by atoms with Crippen molar-refractivity contribution in [2.45, 2.75) is 31.8 Å². The third-order valence-corrected chi connectivity index (χ3v) is 4.96. The fourth-order valence-electron chi connectivity index (χ4n) is 3.33. The number of non-ortho nitro benzene ring substituents is 1. The van der Waals surface area contributed by atoms with E-state index >= 15 is 0 Å². The number of nitrogens with zero attached hydrogens (tertiary/aromatic N) is 3. The second-order valence-electron chi connectivity index (χ2n) is 6.94. The molecule has 0 spiro atoms. The molecule has 1 atom stereocenters. The quantitative estimate of drug-likeness (QED) is 0.332. The van der Waals surface area contributed by atoms with Crippen molar-refractivity contribution in [1.82, 2.24) is 9.80 Å². The SMILES string of the molecule is O=C(O[C@H]1CCN(CC#CCN2CCCCC2)C1=O)c1ccc([N+](=O)[O-])cc1. The lowest BCUT2D eigenvalue weighted by atomic mass is 10.1. The summed E-state index contributed by atoms with van der Waals surface area (Å²) in [6, 6.07) is 5.11. The number of carbonyl (C=O) groups excluding carboxylic acids is 2. The van der Waals surface area contributed by atoms with Crippen LogP contribution >= 0.6 is 0 Å². The van der Waals surface area contributed by atoms with Crippen LogP contribution in [-0.2, 0) is 9.53 Å². The lowest BCUT2D eigenvalue weighted by Gasteiger charge is -2.23. The van der Waals surface area contributed by atoms with Gasteiger partial charge in [-0.05, 0) is 38.1 Å². The van der Waals surface area contributed by atoms with E-state index in [1.54, 1.807) is 4.90 Å². The van der Waals surface area contributed by atoms with Crippen LogP contribution in [0.1, 0.15) is 36.0 Å². The molecule has 2 aliphatic rings. The van der Waals surface area contributed by atoms with Gasteiger partial charge in [0.2, 0.25) is 0 Å². The Labute approximate surface area is 163 Å². The molecule has 0 saturated carbocycles. The molecular weight excluding hydrogens is 362 g/mol. The number of esters is 1. The van der Waals surface area contributed by atoms with Crippen molar-refractivity contribution in [1.29, 1.82) is 0 Å². The first-order valence-electron chi connectivity index (χ1n) is 9.47. The molecule has 0 aliphatic carbocycles. The van der Waals surface area contributed by atoms with E-state index in [2.05, 4.69) is 16.7 Å². The summed E-state index contributed by atoms with van der Waals surface area (Å²) in [5.41, 5.74) is 0.0703. The van der Waals surface area contributed by atoms with Gasteiger partial charge in [0.15, 0.2) is 6.10 Å². The lowest BCUT2D eigenvalue weighted by Crippen LogP contribution is -2.32. The van der Waals surface area contributed by atoms with Gasteiger partial charge in [-0.1, -0.05) is 18.3 Å². The minimum Gasteiger partial charge on any atom is -0.449 e. The van der Waals surface area contributed by atoms with E-state index in [-0.39, 0.29) is 17.2 Å². The largest absolute Gasteiger partial charge is 0.449 e. The van der Waals surface area contributed by atoms with Crippen LogP contribution in [0.4, 0.5) is 5.69 Å². The fourth-order valence-corrected chi connectivity index (χ4v) is 3.33. The van der Waals surface area contributed by atoms with Crippen LogP contribution in [0, 0.1) is 22.0 Å². The summed E-state index contributed by atoms with van der Waals surface area (Å²) < 4.78 is 5.29. The van der Waals surface area contributed by atoms with E-state index in [4.69, 9.17) is 4.74 Å². The third-order valence-electron chi connectivity index (χ3n) is 4.96. The number of amides is 1. The fraction of sp³-hybridized carbons (Fsp3) is 0.500. The highest BCUT2D eigenvalue weighted by Gasteiger charge is 2.34. The molecule has 0 bridgehead atoms. The van der Waals surface area contributed by atoms with Crippen molar-refractivity contribution in [2.75, 3.05) is 32.7 Å². The van der Waals surface area contributed by atoms with E-state index in [0.717, 1.165) is 19.6 Å². The molecule has 28 heavy (non-hydrogen) atoms. The Morgan fingerprint density at radius 3 is 2.46 bits per heavy atom. The van der Waals surface area contributed by atoms with Crippen molar-refractivity contribution < 1.29 is 19.2 Å². The summed E-state index contributed by atoms with van der Waals surface area (Å²) in [7, 11) is 0. The van der Waals surface area contributed by atoms with Crippen molar-refractivity contribution in [2.24, 2.45) is 0 Å². The van der Waals surface area contributed by atoms with Crippen molar-refractivity contribution in [3.05, 3.63) is 39.9 Å². The molecule has 0 unspecified atom stereocenters. The molecule has 2 saturated heterocycles. The van der Waals surface area contributed by atoms with Crippen LogP contribution < -0.4 is 0 Å². The molecule has 2 fully saturated rings. The van der Waals surface area contributed by atoms with E-state index in [0.29, 0.717) is 19.5 Å². The Balaban J connectivity index is 1.47. The van der Waals surface area contributed by atoms with Crippen LogP contribution in [0.2, 0.25) is 0 Å². The summed E-state index contributed by atoms with van der Waals surface area (Å²) in [6.07, 6.45) is 3.31. The van der Waals surface area contributed by atoms with Crippen molar-refractivity contribution >= 4 is 17.6 Å². The monoisotopic (exact) mass is 385 g/mol. The summed E-state index contributed by atoms with van der Waals surface area (Å²) in [5, 5.41) is 10.7. The second kappa shape index (κ2) is 9.33. The summed E-state index contributed by atoms with van der Waals surface area (Å²) in [6.45, 7) is 3.71. The molecule has 8 nitrogen and oxygen atoms in total. The number of hydrogen-bond donors (Lipinski definition) is 0. The lowest BCUT2D eigenvalue weighted by molar-refractivity contribution is -0.384. The predicted molar refractivity (Wildman–Crippen MR) is 102 cm³/mol. The first-order valence-corrected chi connectivity index (χ1v) is 9.47. The summed E-state index contributed by atoms with van der Waals surface area (Å²) >= 11 is 0. The van der Waals surface area contributed by atoms with Crippen LogP contribution in [0.5, 0.6) is 0 Å². The van der Waals surface area contributed by atoms with Crippen LogP contribution in [0.15, 0.2) is 24.3 Å². The number of nitro benzene ring substituents is 1. The van der Waals surface area contributed by atoms with Gasteiger partial charge in [-0.15, -0.1) is 0 Å². The van der Waals surface area contributed by atoms with Gasteiger partial charge in [-0.2, -0.15) is 0 Å². The van der Waals surface area contributed by atoms with Gasteiger partial charge in [0.05, 0.1) is 23.6 Å². The Morgan fingerprint density at radius 1 is 1.11 bits per heavy atom. The molecule has 0 aromatic heterocycles. The Morgan fingerprint density at radius 2 is 1.79 bits per heavy atom. The van der Waals surface area contributed by atoms with Crippen molar-refractivity contribution in [3.63, 3.8) is 0 Å². The second-order valence-corrected chi connectivity index (χ2v) is 6.94. The highest BCUT2D eigenvalue weighted by atomic mass is 16.6. The molecule has 1 aromatic carbocycles. The number of ether oxygens (including phenoxy) is 1. The number of benzene rings is 1. The van der Waals surface area contributed by atoms with E-state index < -0.39 is 17.0 Å². The Hall–Kier alpha value is -2.92. The van der Waals surface area contributed by atoms with Crippen LogP contribution in [-0.4, -0.2) is 65.4 Å². The van der Waals surface area contributed by atoms with E-state index in [9.17, 15) is 19.7 Å².